The van der Waals surface area contributed by atoms with Gasteiger partial charge in [-0.2, -0.15) is 0 Å². The summed E-state index contributed by atoms with van der Waals surface area (Å²) in [4.78, 5) is 42.8. The third-order valence-electron chi connectivity index (χ3n) is 8.85. The minimum atomic E-state index is -4.77. The average Bonchev–Trinajstić information content (AvgIpc) is 3.11. The quantitative estimate of drug-likeness (QED) is 0.0277. The van der Waals surface area contributed by atoms with Crippen LogP contribution in [0.25, 0.3) is 0 Å². The van der Waals surface area contributed by atoms with E-state index in [1.807, 2.05) is 6.08 Å². The summed E-state index contributed by atoms with van der Waals surface area (Å²) in [5, 5.41) is 0. The highest BCUT2D eigenvalue weighted by Crippen LogP contribution is 2.36. The molecular formula is C43H77O8P. The number of carbonyl (C=O) groups excluding carboxylic acids is 2. The van der Waals surface area contributed by atoms with E-state index in [9.17, 15) is 14.2 Å². The molecule has 52 heavy (non-hydrogen) atoms. The van der Waals surface area contributed by atoms with E-state index >= 15 is 0 Å². The van der Waals surface area contributed by atoms with Gasteiger partial charge in [0.05, 0.1) is 6.61 Å². The summed E-state index contributed by atoms with van der Waals surface area (Å²) in [6, 6.07) is 0. The smallest absolute Gasteiger partial charge is 0.462 e. The third-order valence-corrected chi connectivity index (χ3v) is 9.34. The Morgan fingerprint density at radius 3 is 1.35 bits per heavy atom. The molecule has 1 atom stereocenters. The Balaban J connectivity index is 4.00. The van der Waals surface area contributed by atoms with Crippen LogP contribution in [-0.4, -0.2) is 41.0 Å². The fraction of sp³-hybridized carbons (Fsp3) is 0.767. The van der Waals surface area contributed by atoms with E-state index in [2.05, 4.69) is 60.9 Å². The summed E-state index contributed by atoms with van der Waals surface area (Å²) < 4.78 is 26.3. The Hall–Kier alpha value is -1.99. The normalized spacial score (nSPS) is 12.9. The van der Waals surface area contributed by atoms with Crippen molar-refractivity contribution in [2.24, 2.45) is 0 Å². The molecule has 9 heteroatoms. The van der Waals surface area contributed by atoms with Crippen LogP contribution in [0.15, 0.2) is 48.6 Å². The van der Waals surface area contributed by atoms with E-state index in [0.717, 1.165) is 38.5 Å². The Bertz CT molecular complexity index is 984. The first-order chi connectivity index (χ1) is 25.3. The largest absolute Gasteiger partial charge is 0.469 e. The summed E-state index contributed by atoms with van der Waals surface area (Å²) in [6.07, 6.45) is 46.9. The molecule has 0 saturated heterocycles. The number of allylic oxidation sites excluding steroid dienone is 8. The van der Waals surface area contributed by atoms with Crippen molar-refractivity contribution in [1.29, 1.82) is 0 Å². The van der Waals surface area contributed by atoms with Crippen molar-refractivity contribution in [1.82, 2.24) is 0 Å². The fourth-order valence-electron chi connectivity index (χ4n) is 5.72. The van der Waals surface area contributed by atoms with Crippen molar-refractivity contribution in [3.63, 3.8) is 0 Å². The predicted molar refractivity (Wildman–Crippen MR) is 216 cm³/mol. The monoisotopic (exact) mass is 753 g/mol. The van der Waals surface area contributed by atoms with Crippen LogP contribution in [0.3, 0.4) is 0 Å². The number of hydrogen-bond acceptors (Lipinski definition) is 6. The van der Waals surface area contributed by atoms with Crippen molar-refractivity contribution in [3.05, 3.63) is 48.6 Å². The first-order valence-corrected chi connectivity index (χ1v) is 22.5. The van der Waals surface area contributed by atoms with Crippen molar-refractivity contribution in [2.75, 3.05) is 13.2 Å². The number of carbonyl (C=O) groups is 2. The summed E-state index contributed by atoms with van der Waals surface area (Å²) in [7, 11) is -4.77. The molecule has 0 aliphatic carbocycles. The van der Waals surface area contributed by atoms with Gasteiger partial charge < -0.3 is 19.3 Å². The Labute approximate surface area is 318 Å². The third kappa shape index (κ3) is 40.8. The van der Waals surface area contributed by atoms with Gasteiger partial charge in [-0.15, -0.1) is 0 Å². The SMILES string of the molecule is CCCCC/C=C/C/C=C/C/C=C/C/C=C/CCCC(=O)O[C@H](COC(=O)CCCCCCCCCCCCCCCCCCC)COP(=O)(O)O. The molecule has 0 rings (SSSR count). The number of rotatable bonds is 38. The maximum absolute atomic E-state index is 12.4. The molecule has 0 heterocycles. The molecule has 0 radical (unpaired) electrons. The zero-order valence-corrected chi connectivity index (χ0v) is 34.1. The Morgan fingerprint density at radius 2 is 0.885 bits per heavy atom. The molecule has 0 aromatic heterocycles. The molecule has 0 fully saturated rings. The number of hydrogen-bond donors (Lipinski definition) is 2. The van der Waals surface area contributed by atoms with Crippen LogP contribution in [0, 0.1) is 0 Å². The highest BCUT2D eigenvalue weighted by Gasteiger charge is 2.22. The predicted octanol–water partition coefficient (Wildman–Crippen LogP) is 12.7. The van der Waals surface area contributed by atoms with E-state index in [-0.39, 0.29) is 19.4 Å². The van der Waals surface area contributed by atoms with Crippen molar-refractivity contribution in [2.45, 2.75) is 200 Å². The van der Waals surface area contributed by atoms with Crippen molar-refractivity contribution >= 4 is 19.8 Å². The standard InChI is InChI=1S/C43H77O8P/c1-3-5-7-9-11-13-15-17-19-21-23-25-27-29-31-33-35-37-42(44)49-39-41(40-50-52(46,47)48)51-43(45)38-36-34-32-30-28-26-24-22-20-18-16-14-12-10-8-6-4-2/h12,14,18,20,24,26,30,32,41H,3-11,13,15-17,19,21-23,25,27-29,31,33-40H2,1-2H3,(H2,46,47,48)/b14-12+,20-18+,26-24+,32-30+/t41-/m1/s1. The van der Waals surface area contributed by atoms with Gasteiger partial charge >= 0.3 is 19.8 Å². The zero-order chi connectivity index (χ0) is 38.2. The lowest BCUT2D eigenvalue weighted by molar-refractivity contribution is -0.161. The first-order valence-electron chi connectivity index (χ1n) is 20.9. The fourth-order valence-corrected chi connectivity index (χ4v) is 6.08. The lowest BCUT2D eigenvalue weighted by Crippen LogP contribution is -2.29. The van der Waals surface area contributed by atoms with Gasteiger partial charge in [0.25, 0.3) is 0 Å². The summed E-state index contributed by atoms with van der Waals surface area (Å²) >= 11 is 0. The number of phosphoric acid groups is 1. The lowest BCUT2D eigenvalue weighted by Gasteiger charge is -2.18. The molecule has 0 unspecified atom stereocenters. The van der Waals surface area contributed by atoms with E-state index in [0.29, 0.717) is 12.8 Å². The highest BCUT2D eigenvalue weighted by atomic mass is 31.2. The number of esters is 2. The minimum Gasteiger partial charge on any atom is -0.462 e. The average molecular weight is 753 g/mol. The van der Waals surface area contributed by atoms with E-state index in [1.165, 1.54) is 116 Å². The van der Waals surface area contributed by atoms with Crippen molar-refractivity contribution in [3.8, 4) is 0 Å². The lowest BCUT2D eigenvalue weighted by atomic mass is 10.0. The number of unbranched alkanes of at least 4 members (excludes halogenated alkanes) is 20. The Kier molecular flexibility index (Phi) is 37.2. The van der Waals surface area contributed by atoms with Gasteiger partial charge in [-0.05, 0) is 51.4 Å². The van der Waals surface area contributed by atoms with Crippen LogP contribution in [0.4, 0.5) is 0 Å². The van der Waals surface area contributed by atoms with Gasteiger partial charge in [-0.1, -0.05) is 178 Å². The summed E-state index contributed by atoms with van der Waals surface area (Å²) in [6.45, 7) is 3.62. The van der Waals surface area contributed by atoms with Gasteiger partial charge in [0, 0.05) is 12.8 Å². The number of phosphoric ester groups is 1. The van der Waals surface area contributed by atoms with Gasteiger partial charge in [-0.3, -0.25) is 14.1 Å². The second kappa shape index (κ2) is 38.7. The first kappa shape index (κ1) is 50.0. The van der Waals surface area contributed by atoms with Crippen LogP contribution < -0.4 is 0 Å². The summed E-state index contributed by atoms with van der Waals surface area (Å²) in [5.41, 5.74) is 0. The Morgan fingerprint density at radius 1 is 0.500 bits per heavy atom. The van der Waals surface area contributed by atoms with Crippen molar-refractivity contribution < 1.29 is 37.9 Å². The van der Waals surface area contributed by atoms with Crippen LogP contribution in [0.2, 0.25) is 0 Å². The highest BCUT2D eigenvalue weighted by molar-refractivity contribution is 7.46. The van der Waals surface area contributed by atoms with E-state index in [1.54, 1.807) is 0 Å². The van der Waals surface area contributed by atoms with Crippen LogP contribution in [-0.2, 0) is 28.2 Å². The molecule has 2 N–H and O–H groups in total. The molecule has 0 spiro atoms. The second-order valence-electron chi connectivity index (χ2n) is 14.0. The summed E-state index contributed by atoms with van der Waals surface area (Å²) in [5.74, 6) is -0.946. The molecular weight excluding hydrogens is 675 g/mol. The molecule has 0 saturated carbocycles. The van der Waals surface area contributed by atoms with Gasteiger partial charge in [-0.25, -0.2) is 4.57 Å². The molecule has 0 amide bonds. The molecule has 0 aliphatic rings. The topological polar surface area (TPSA) is 119 Å². The van der Waals surface area contributed by atoms with Gasteiger partial charge in [0.15, 0.2) is 6.10 Å². The van der Waals surface area contributed by atoms with Crippen LogP contribution in [0.1, 0.15) is 194 Å². The molecule has 0 aliphatic heterocycles. The van der Waals surface area contributed by atoms with Crippen LogP contribution >= 0.6 is 7.82 Å². The number of ether oxygens (including phenoxy) is 2. The van der Waals surface area contributed by atoms with E-state index < -0.39 is 32.5 Å². The maximum Gasteiger partial charge on any atom is 0.469 e. The molecule has 8 nitrogen and oxygen atoms in total. The maximum atomic E-state index is 12.4. The van der Waals surface area contributed by atoms with Gasteiger partial charge in [0.2, 0.25) is 0 Å². The van der Waals surface area contributed by atoms with E-state index in [4.69, 9.17) is 19.3 Å². The molecule has 0 aromatic rings. The molecule has 302 valence electrons. The van der Waals surface area contributed by atoms with Gasteiger partial charge in [0.1, 0.15) is 6.61 Å². The molecule has 0 bridgehead atoms. The molecule has 0 aromatic carbocycles. The van der Waals surface area contributed by atoms with Crippen LogP contribution in [0.5, 0.6) is 0 Å². The zero-order valence-electron chi connectivity index (χ0n) is 33.2. The second-order valence-corrected chi connectivity index (χ2v) is 15.2. The minimum absolute atomic E-state index is 0.137.